The lowest BCUT2D eigenvalue weighted by Crippen LogP contribution is -2.52. The maximum Gasteiger partial charge on any atom is 0.314 e. The van der Waals surface area contributed by atoms with Gasteiger partial charge in [0.1, 0.15) is 5.60 Å². The van der Waals surface area contributed by atoms with Gasteiger partial charge in [0.25, 0.3) is 5.91 Å². The van der Waals surface area contributed by atoms with Crippen LogP contribution in [-0.2, 0) is 30.3 Å². The van der Waals surface area contributed by atoms with E-state index in [0.29, 0.717) is 32.4 Å². The number of esters is 1. The van der Waals surface area contributed by atoms with Gasteiger partial charge in [-0.25, -0.2) is 0 Å². The summed E-state index contributed by atoms with van der Waals surface area (Å²) in [6, 6.07) is 7.97. The molecule has 3 rings (SSSR count). The number of nitrogens with zero attached hydrogens (tertiary/aromatic N) is 1. The Hall–Kier alpha value is -2.63. The lowest BCUT2D eigenvalue weighted by atomic mass is 9.74. The molecular formula is C24H31NO5. The molecule has 2 aliphatic rings. The van der Waals surface area contributed by atoms with Crippen LogP contribution in [0.5, 0.6) is 0 Å². The fraction of sp³-hybridized carbons (Fsp3) is 0.542. The summed E-state index contributed by atoms with van der Waals surface area (Å²) in [5.74, 6) is -0.676. The van der Waals surface area contributed by atoms with Crippen molar-refractivity contribution in [1.82, 2.24) is 4.90 Å². The summed E-state index contributed by atoms with van der Waals surface area (Å²) >= 11 is 0. The zero-order valence-corrected chi connectivity index (χ0v) is 18.3. The molecule has 0 N–H and O–H groups in total. The van der Waals surface area contributed by atoms with E-state index in [4.69, 9.17) is 9.47 Å². The maximum atomic E-state index is 13.2. The summed E-state index contributed by atoms with van der Waals surface area (Å²) < 4.78 is 11.2. The molecular weight excluding hydrogens is 382 g/mol. The van der Waals surface area contributed by atoms with Gasteiger partial charge in [0, 0.05) is 25.6 Å². The monoisotopic (exact) mass is 413 g/mol. The summed E-state index contributed by atoms with van der Waals surface area (Å²) in [5.41, 5.74) is 0.649. The fourth-order valence-electron chi connectivity index (χ4n) is 4.39. The number of piperidine rings is 1. The van der Waals surface area contributed by atoms with Crippen LogP contribution in [0.25, 0.3) is 0 Å². The first-order valence-corrected chi connectivity index (χ1v) is 10.6. The van der Waals surface area contributed by atoms with Crippen molar-refractivity contribution >= 4 is 17.7 Å². The van der Waals surface area contributed by atoms with E-state index in [-0.39, 0.29) is 36.4 Å². The van der Waals surface area contributed by atoms with Gasteiger partial charge in [0.2, 0.25) is 0 Å². The molecule has 1 amide bonds. The van der Waals surface area contributed by atoms with E-state index in [9.17, 15) is 14.4 Å². The number of amides is 1. The van der Waals surface area contributed by atoms with Gasteiger partial charge in [-0.3, -0.25) is 14.4 Å². The van der Waals surface area contributed by atoms with Gasteiger partial charge in [0.05, 0.1) is 12.0 Å². The molecule has 1 saturated heterocycles. The SMILES string of the molecule is CCOC(=O)[C@]1(Cc2ccccc2C)CCCN(C(=O)C2=CC(=O)CC(C)(C)O2)C1. The van der Waals surface area contributed by atoms with Crippen LogP contribution in [0.2, 0.25) is 0 Å². The Morgan fingerprint density at radius 1 is 1.23 bits per heavy atom. The standard InChI is InChI=1S/C24H31NO5/c1-5-29-22(28)24(14-18-10-7-6-9-17(18)2)11-8-12-25(16-24)21(27)20-13-19(26)15-23(3,4)30-20/h6-7,9-10,13H,5,8,11-12,14-16H2,1-4H3/t24-/m0/s1. The molecule has 0 bridgehead atoms. The highest BCUT2D eigenvalue weighted by Crippen LogP contribution is 2.37. The van der Waals surface area contributed by atoms with E-state index in [1.54, 1.807) is 25.7 Å². The van der Waals surface area contributed by atoms with Crippen LogP contribution in [0.15, 0.2) is 36.1 Å². The van der Waals surface area contributed by atoms with Crippen molar-refractivity contribution in [3.8, 4) is 0 Å². The van der Waals surface area contributed by atoms with Gasteiger partial charge >= 0.3 is 5.97 Å². The average Bonchev–Trinajstić information content (AvgIpc) is 2.68. The molecule has 1 aromatic carbocycles. The van der Waals surface area contributed by atoms with E-state index < -0.39 is 11.0 Å². The molecule has 2 aliphatic heterocycles. The Labute approximate surface area is 178 Å². The van der Waals surface area contributed by atoms with Gasteiger partial charge in [0.15, 0.2) is 11.5 Å². The van der Waals surface area contributed by atoms with Crippen LogP contribution < -0.4 is 0 Å². The Kier molecular flexibility index (Phi) is 6.34. The van der Waals surface area contributed by atoms with Crippen molar-refractivity contribution < 1.29 is 23.9 Å². The molecule has 1 fully saturated rings. The Balaban J connectivity index is 1.88. The minimum Gasteiger partial charge on any atom is -0.481 e. The maximum absolute atomic E-state index is 13.2. The third-order valence-corrected chi connectivity index (χ3v) is 5.85. The number of hydrogen-bond acceptors (Lipinski definition) is 5. The molecule has 30 heavy (non-hydrogen) atoms. The number of rotatable bonds is 5. The summed E-state index contributed by atoms with van der Waals surface area (Å²) in [6.07, 6.45) is 3.36. The highest BCUT2D eigenvalue weighted by molar-refractivity contribution is 6.02. The molecule has 0 saturated carbocycles. The molecule has 162 valence electrons. The molecule has 0 unspecified atom stereocenters. The van der Waals surface area contributed by atoms with Crippen LogP contribution in [-0.4, -0.2) is 47.9 Å². The van der Waals surface area contributed by atoms with Crippen molar-refractivity contribution in [2.45, 2.75) is 59.0 Å². The van der Waals surface area contributed by atoms with Crippen molar-refractivity contribution in [1.29, 1.82) is 0 Å². The number of benzene rings is 1. The average molecular weight is 414 g/mol. The molecule has 0 aliphatic carbocycles. The number of ketones is 1. The number of hydrogen-bond donors (Lipinski definition) is 0. The minimum atomic E-state index is -0.815. The molecule has 1 atom stereocenters. The Morgan fingerprint density at radius 2 is 1.97 bits per heavy atom. The number of carbonyl (C=O) groups is 3. The molecule has 2 heterocycles. The van der Waals surface area contributed by atoms with Crippen molar-refractivity contribution in [2.75, 3.05) is 19.7 Å². The number of carbonyl (C=O) groups excluding carboxylic acids is 3. The normalized spacial score (nSPS) is 23.4. The van der Waals surface area contributed by atoms with Crippen molar-refractivity contribution in [2.24, 2.45) is 5.41 Å². The minimum absolute atomic E-state index is 0.0619. The largest absolute Gasteiger partial charge is 0.481 e. The van der Waals surface area contributed by atoms with E-state index >= 15 is 0 Å². The predicted octanol–water partition coefficient (Wildman–Crippen LogP) is 3.36. The van der Waals surface area contributed by atoms with E-state index in [1.165, 1.54) is 6.08 Å². The molecule has 1 aromatic rings. The van der Waals surface area contributed by atoms with Crippen molar-refractivity contribution in [3.05, 3.63) is 47.2 Å². The smallest absolute Gasteiger partial charge is 0.314 e. The topological polar surface area (TPSA) is 72.9 Å². The zero-order valence-electron chi connectivity index (χ0n) is 18.3. The molecule has 0 radical (unpaired) electrons. The Bertz CT molecular complexity index is 872. The fourth-order valence-corrected chi connectivity index (χ4v) is 4.39. The van der Waals surface area contributed by atoms with Gasteiger partial charge in [-0.05, 0) is 58.1 Å². The van der Waals surface area contributed by atoms with Crippen LogP contribution in [0, 0.1) is 12.3 Å². The molecule has 6 heteroatoms. The van der Waals surface area contributed by atoms with Crippen LogP contribution in [0.1, 0.15) is 51.2 Å². The molecule has 0 spiro atoms. The summed E-state index contributed by atoms with van der Waals surface area (Å²) in [5, 5.41) is 0. The van der Waals surface area contributed by atoms with Crippen LogP contribution in [0.4, 0.5) is 0 Å². The summed E-state index contributed by atoms with van der Waals surface area (Å²) in [6.45, 7) is 8.45. The highest BCUT2D eigenvalue weighted by atomic mass is 16.5. The Morgan fingerprint density at radius 3 is 2.63 bits per heavy atom. The zero-order chi connectivity index (χ0) is 21.9. The van der Waals surface area contributed by atoms with E-state index in [1.807, 2.05) is 31.2 Å². The molecule has 6 nitrogen and oxygen atoms in total. The van der Waals surface area contributed by atoms with E-state index in [2.05, 4.69) is 0 Å². The second-order valence-electron chi connectivity index (χ2n) is 8.95. The first-order valence-electron chi connectivity index (χ1n) is 10.6. The number of likely N-dealkylation sites (tertiary alicyclic amines) is 1. The second kappa shape index (κ2) is 8.62. The van der Waals surface area contributed by atoms with Gasteiger partial charge < -0.3 is 14.4 Å². The third kappa shape index (κ3) is 4.74. The lowest BCUT2D eigenvalue weighted by molar-refractivity contribution is -0.161. The summed E-state index contributed by atoms with van der Waals surface area (Å²) in [4.78, 5) is 40.0. The second-order valence-corrected chi connectivity index (χ2v) is 8.95. The predicted molar refractivity (Wildman–Crippen MR) is 113 cm³/mol. The third-order valence-electron chi connectivity index (χ3n) is 5.85. The molecule has 0 aromatic heterocycles. The van der Waals surface area contributed by atoms with Gasteiger partial charge in [-0.15, -0.1) is 0 Å². The lowest BCUT2D eigenvalue weighted by Gasteiger charge is -2.42. The van der Waals surface area contributed by atoms with Crippen LogP contribution in [0.3, 0.4) is 0 Å². The van der Waals surface area contributed by atoms with Crippen molar-refractivity contribution in [3.63, 3.8) is 0 Å². The first-order chi connectivity index (χ1) is 14.2. The van der Waals surface area contributed by atoms with E-state index in [0.717, 1.165) is 11.1 Å². The van der Waals surface area contributed by atoms with Crippen LogP contribution >= 0.6 is 0 Å². The highest BCUT2D eigenvalue weighted by Gasteiger charge is 2.46. The quantitative estimate of drug-likeness (QED) is 0.692. The first kappa shape index (κ1) is 22.1. The summed E-state index contributed by atoms with van der Waals surface area (Å²) in [7, 11) is 0. The van der Waals surface area contributed by atoms with Gasteiger partial charge in [-0.1, -0.05) is 24.3 Å². The number of allylic oxidation sites excluding steroid dienone is 1. The number of ether oxygens (including phenoxy) is 2. The van der Waals surface area contributed by atoms with Gasteiger partial charge in [-0.2, -0.15) is 0 Å². The number of aryl methyl sites for hydroxylation is 1.